The zero-order valence-electron chi connectivity index (χ0n) is 27.0. The van der Waals surface area contributed by atoms with Gasteiger partial charge in [-0.05, 0) is 90.0 Å². The van der Waals surface area contributed by atoms with Gasteiger partial charge in [0.25, 0.3) is 5.91 Å². The van der Waals surface area contributed by atoms with E-state index in [1.807, 2.05) is 18.2 Å². The zero-order valence-corrected chi connectivity index (χ0v) is 27.0. The van der Waals surface area contributed by atoms with Crippen molar-refractivity contribution < 1.29 is 33.4 Å². The topological polar surface area (TPSA) is 142 Å². The molecule has 3 amide bonds. The number of hydrogen-bond acceptors (Lipinski definition) is 6. The minimum Gasteiger partial charge on any atom is -0.444 e. The fraction of sp³-hybridized carbons (Fsp3) is 0.500. The van der Waals surface area contributed by atoms with Crippen LogP contribution in [0.3, 0.4) is 0 Å². The van der Waals surface area contributed by atoms with Crippen LogP contribution in [-0.2, 0) is 9.47 Å². The maximum Gasteiger partial charge on any atom is 0.408 e. The highest BCUT2D eigenvalue weighted by Crippen LogP contribution is 2.48. The number of carbonyl (C=O) groups is 3. The molecule has 1 aliphatic rings. The molecule has 2 aromatic carbocycles. The van der Waals surface area contributed by atoms with Crippen molar-refractivity contribution in [2.75, 3.05) is 13.1 Å². The first-order valence-corrected chi connectivity index (χ1v) is 15.4. The van der Waals surface area contributed by atoms with Gasteiger partial charge in [-0.3, -0.25) is 4.79 Å². The molecule has 0 radical (unpaired) electrons. The highest BCUT2D eigenvalue weighted by Gasteiger charge is 2.34. The summed E-state index contributed by atoms with van der Waals surface area (Å²) in [6.07, 6.45) is -1.46. The van der Waals surface area contributed by atoms with Gasteiger partial charge < -0.3 is 35.5 Å². The Hall–Kier alpha value is -4.12. The van der Waals surface area contributed by atoms with Gasteiger partial charge in [-0.2, -0.15) is 0 Å². The number of aromatic nitrogens is 1. The Bertz CT molecular complexity index is 1540. The summed E-state index contributed by atoms with van der Waals surface area (Å²) in [5, 5.41) is 19.7. The van der Waals surface area contributed by atoms with Crippen LogP contribution in [-0.4, -0.2) is 64.6 Å². The summed E-state index contributed by atoms with van der Waals surface area (Å²) in [5.74, 6) is -0.00171. The molecule has 11 heteroatoms. The average molecular weight is 625 g/mol. The molecule has 1 heterocycles. The molecular weight excluding hydrogens is 579 g/mol. The standard InChI is InChI=1S/C34H45FN4O6/c1-19-16-22(19)20-12-13-25-23(17-20)28(21-10-8-9-11-24(21)35)29(38-25)30(41)37-18-26(39-32(43)45-34(5,6)7)27(40)14-15-36-31(42)44-33(2,3)4/h8-13,17,19,22,26-27,38,40H,14-16,18H2,1-7H3,(H,36,42)(H,37,41)(H,39,43)/t19?,22-,26-,27?/m0/s1. The summed E-state index contributed by atoms with van der Waals surface area (Å²) in [7, 11) is 0. The van der Waals surface area contributed by atoms with Crippen molar-refractivity contribution in [1.82, 2.24) is 20.9 Å². The monoisotopic (exact) mass is 624 g/mol. The molecule has 244 valence electrons. The Labute approximate surface area is 263 Å². The maximum atomic E-state index is 15.1. The Morgan fingerprint density at radius 1 is 1.00 bits per heavy atom. The second kappa shape index (κ2) is 13.5. The highest BCUT2D eigenvalue weighted by molar-refractivity contribution is 6.10. The number of nitrogens with one attached hydrogen (secondary N) is 4. The van der Waals surface area contributed by atoms with Crippen molar-refractivity contribution in [3.63, 3.8) is 0 Å². The number of carbonyl (C=O) groups excluding carboxylic acids is 3. The first-order chi connectivity index (χ1) is 21.0. The van der Waals surface area contributed by atoms with E-state index in [-0.39, 0.29) is 30.8 Å². The number of benzene rings is 2. The molecule has 10 nitrogen and oxygen atoms in total. The van der Waals surface area contributed by atoms with Crippen molar-refractivity contribution in [3.8, 4) is 11.1 Å². The van der Waals surface area contributed by atoms with Crippen molar-refractivity contribution in [1.29, 1.82) is 0 Å². The number of rotatable bonds is 10. The second-order valence-corrected chi connectivity index (χ2v) is 13.7. The number of halogens is 1. The van der Waals surface area contributed by atoms with Crippen LogP contribution in [0, 0.1) is 11.7 Å². The van der Waals surface area contributed by atoms with E-state index < -0.39 is 47.3 Å². The highest BCUT2D eigenvalue weighted by atomic mass is 19.1. The fourth-order valence-electron chi connectivity index (χ4n) is 5.21. The quantitative estimate of drug-likeness (QED) is 0.187. The van der Waals surface area contributed by atoms with Crippen LogP contribution in [0.2, 0.25) is 0 Å². The first-order valence-electron chi connectivity index (χ1n) is 15.4. The number of fused-ring (bicyclic) bond motifs is 1. The summed E-state index contributed by atoms with van der Waals surface area (Å²) < 4.78 is 25.7. The third kappa shape index (κ3) is 9.20. The van der Waals surface area contributed by atoms with Gasteiger partial charge in [-0.15, -0.1) is 0 Å². The summed E-state index contributed by atoms with van der Waals surface area (Å²) in [6, 6.07) is 11.3. The van der Waals surface area contributed by atoms with E-state index >= 15 is 4.39 Å². The van der Waals surface area contributed by atoms with E-state index in [0.29, 0.717) is 22.9 Å². The molecule has 4 rings (SSSR count). The minimum absolute atomic E-state index is 0.0464. The van der Waals surface area contributed by atoms with Gasteiger partial charge in [0.15, 0.2) is 0 Å². The summed E-state index contributed by atoms with van der Waals surface area (Å²) in [6.45, 7) is 12.4. The molecule has 0 aliphatic heterocycles. The normalized spacial score (nSPS) is 17.7. The Morgan fingerprint density at radius 2 is 1.64 bits per heavy atom. The van der Waals surface area contributed by atoms with Crippen LogP contribution >= 0.6 is 0 Å². The molecule has 0 bridgehead atoms. The fourth-order valence-corrected chi connectivity index (χ4v) is 5.21. The van der Waals surface area contributed by atoms with Crippen LogP contribution in [0.4, 0.5) is 14.0 Å². The molecule has 1 saturated carbocycles. The van der Waals surface area contributed by atoms with Gasteiger partial charge in [0.2, 0.25) is 0 Å². The van der Waals surface area contributed by atoms with Crippen molar-refractivity contribution in [2.24, 2.45) is 5.92 Å². The molecule has 1 aliphatic carbocycles. The molecule has 1 fully saturated rings. The van der Waals surface area contributed by atoms with Gasteiger partial charge in [0.05, 0.1) is 12.1 Å². The predicted molar refractivity (Wildman–Crippen MR) is 171 cm³/mol. The number of amides is 3. The van der Waals surface area contributed by atoms with Gasteiger partial charge in [0.1, 0.15) is 22.7 Å². The van der Waals surface area contributed by atoms with Gasteiger partial charge in [-0.25, -0.2) is 14.0 Å². The van der Waals surface area contributed by atoms with Crippen molar-refractivity contribution >= 4 is 29.0 Å². The van der Waals surface area contributed by atoms with Crippen LogP contribution in [0.15, 0.2) is 42.5 Å². The lowest BCUT2D eigenvalue weighted by Gasteiger charge is -2.27. The van der Waals surface area contributed by atoms with Crippen molar-refractivity contribution in [2.45, 2.75) is 90.6 Å². The number of hydrogen-bond donors (Lipinski definition) is 5. The van der Waals surface area contributed by atoms with Crippen LogP contribution in [0.5, 0.6) is 0 Å². The number of ether oxygens (including phenoxy) is 2. The number of aliphatic hydroxyl groups excluding tert-OH is 1. The maximum absolute atomic E-state index is 15.1. The van der Waals surface area contributed by atoms with Crippen molar-refractivity contribution in [3.05, 3.63) is 59.5 Å². The predicted octanol–water partition coefficient (Wildman–Crippen LogP) is 6.00. The summed E-state index contributed by atoms with van der Waals surface area (Å²) >= 11 is 0. The third-order valence-electron chi connectivity index (χ3n) is 7.49. The molecule has 3 aromatic rings. The van der Waals surface area contributed by atoms with E-state index in [1.165, 1.54) is 6.07 Å². The minimum atomic E-state index is -1.18. The molecule has 2 unspecified atom stereocenters. The Balaban J connectivity index is 1.55. The van der Waals surface area contributed by atoms with Crippen LogP contribution < -0.4 is 16.0 Å². The smallest absolute Gasteiger partial charge is 0.408 e. The molecular formula is C34H45FN4O6. The number of aromatic amines is 1. The number of alkyl carbamates (subject to hydrolysis) is 2. The zero-order chi connectivity index (χ0) is 33.1. The molecule has 5 N–H and O–H groups in total. The molecule has 45 heavy (non-hydrogen) atoms. The van der Waals surface area contributed by atoms with E-state index in [2.05, 4.69) is 27.9 Å². The molecule has 0 saturated heterocycles. The summed E-state index contributed by atoms with van der Waals surface area (Å²) in [4.78, 5) is 41.6. The number of aliphatic hydroxyl groups is 1. The van der Waals surface area contributed by atoms with E-state index in [0.717, 1.165) is 17.4 Å². The molecule has 4 atom stereocenters. The van der Waals surface area contributed by atoms with Crippen LogP contribution in [0.25, 0.3) is 22.0 Å². The first kappa shape index (κ1) is 33.8. The number of H-pyrrole nitrogens is 1. The largest absolute Gasteiger partial charge is 0.444 e. The molecule has 1 aromatic heterocycles. The van der Waals surface area contributed by atoms with Gasteiger partial charge in [-0.1, -0.05) is 31.2 Å². The average Bonchev–Trinajstić information content (AvgIpc) is 3.53. The van der Waals surface area contributed by atoms with E-state index in [1.54, 1.807) is 59.7 Å². The lowest BCUT2D eigenvalue weighted by Crippen LogP contribution is -2.52. The summed E-state index contributed by atoms with van der Waals surface area (Å²) in [5.41, 5.74) is 1.23. The second-order valence-electron chi connectivity index (χ2n) is 13.7. The Morgan fingerprint density at radius 3 is 2.27 bits per heavy atom. The van der Waals surface area contributed by atoms with Crippen LogP contribution in [0.1, 0.15) is 83.3 Å². The van der Waals surface area contributed by atoms with E-state index in [9.17, 15) is 19.5 Å². The van der Waals surface area contributed by atoms with Gasteiger partial charge >= 0.3 is 12.2 Å². The van der Waals surface area contributed by atoms with E-state index in [4.69, 9.17) is 9.47 Å². The Kier molecular flexibility index (Phi) is 10.1. The molecule has 0 spiro atoms. The lowest BCUT2D eigenvalue weighted by molar-refractivity contribution is 0.0393. The third-order valence-corrected chi connectivity index (χ3v) is 7.49. The SMILES string of the molecule is CC1C[C@@H]1c1ccc2[nH]c(C(=O)NC[C@H](NC(=O)OC(C)(C)C)C(O)CCNC(=O)OC(C)(C)C)c(-c3ccccc3F)c2c1. The van der Waals surface area contributed by atoms with Gasteiger partial charge in [0, 0.05) is 35.1 Å². The lowest BCUT2D eigenvalue weighted by atomic mass is 9.98.